The monoisotopic (exact) mass is 307 g/mol. The normalized spacial score (nSPS) is 23.6. The first-order valence-corrected chi connectivity index (χ1v) is 7.94. The van der Waals surface area contributed by atoms with E-state index in [9.17, 15) is 4.39 Å². The summed E-state index contributed by atoms with van der Waals surface area (Å²) in [6.45, 7) is 0. The van der Waals surface area contributed by atoms with E-state index in [-0.39, 0.29) is 10.9 Å². The second-order valence-corrected chi connectivity index (χ2v) is 6.37. The molecule has 2 aliphatic carbocycles. The minimum absolute atomic E-state index is 0.104. The van der Waals surface area contributed by atoms with Gasteiger partial charge in [0.2, 0.25) is 0 Å². The molecule has 0 aliphatic heterocycles. The number of hydrogen-bond donors (Lipinski definition) is 1. The summed E-state index contributed by atoms with van der Waals surface area (Å²) in [5, 5.41) is 12.3. The molecule has 112 valence electrons. The first-order chi connectivity index (χ1) is 10.2. The van der Waals surface area contributed by atoms with Crippen LogP contribution in [0.5, 0.6) is 0 Å². The number of rotatable bonds is 3. The van der Waals surface area contributed by atoms with E-state index < -0.39 is 5.82 Å². The van der Waals surface area contributed by atoms with Crippen molar-refractivity contribution in [2.45, 2.75) is 38.5 Å². The summed E-state index contributed by atoms with van der Waals surface area (Å²) in [5.41, 5.74) is 3.62. The molecule has 1 saturated carbocycles. The van der Waals surface area contributed by atoms with E-state index in [4.69, 9.17) is 16.8 Å². The predicted octanol–water partition coefficient (Wildman–Crippen LogP) is 5.29. The molecule has 4 heteroatoms. The van der Waals surface area contributed by atoms with Crippen molar-refractivity contribution in [3.05, 3.63) is 40.2 Å². The van der Waals surface area contributed by atoms with Gasteiger partial charge in [-0.15, -0.1) is 5.16 Å². The van der Waals surface area contributed by atoms with Gasteiger partial charge < -0.3 is 5.21 Å². The number of halogens is 2. The topological polar surface area (TPSA) is 32.6 Å². The lowest BCUT2D eigenvalue weighted by Crippen LogP contribution is -2.04. The van der Waals surface area contributed by atoms with E-state index in [0.717, 1.165) is 18.4 Å². The molecular weight excluding hydrogens is 289 g/mol. The average molecular weight is 308 g/mol. The molecule has 0 saturated heterocycles. The summed E-state index contributed by atoms with van der Waals surface area (Å²) >= 11 is 5.94. The second kappa shape index (κ2) is 6.18. The Morgan fingerprint density at radius 1 is 1.24 bits per heavy atom. The molecule has 21 heavy (non-hydrogen) atoms. The van der Waals surface area contributed by atoms with Crippen molar-refractivity contribution in [1.29, 1.82) is 0 Å². The Bertz CT molecular complexity index is 590. The van der Waals surface area contributed by atoms with E-state index >= 15 is 0 Å². The van der Waals surface area contributed by atoms with Crippen LogP contribution in [0.4, 0.5) is 4.39 Å². The third-order valence-electron chi connectivity index (χ3n) is 4.77. The van der Waals surface area contributed by atoms with E-state index in [0.29, 0.717) is 5.92 Å². The van der Waals surface area contributed by atoms with Crippen LogP contribution in [0.2, 0.25) is 5.02 Å². The third kappa shape index (κ3) is 2.84. The molecule has 1 aromatic carbocycles. The van der Waals surface area contributed by atoms with Crippen molar-refractivity contribution in [2.24, 2.45) is 17.0 Å². The molecule has 0 radical (unpaired) electrons. The number of nitrogens with zero attached hydrogens (tertiary/aromatic N) is 1. The lowest BCUT2D eigenvalue weighted by molar-refractivity contribution is 0.319. The standard InChI is InChI=1S/C17H19ClFNO/c18-15-9-12(6-8-16(15)19)17-13(10-20-21)5-7-14(17)11-3-1-2-4-11/h6,8-11,13,21H,1-5,7H2. The number of benzene rings is 1. The van der Waals surface area contributed by atoms with Crippen molar-refractivity contribution < 1.29 is 9.60 Å². The maximum atomic E-state index is 13.4. The highest BCUT2D eigenvalue weighted by molar-refractivity contribution is 6.30. The molecule has 2 aliphatic rings. The first kappa shape index (κ1) is 14.6. The van der Waals surface area contributed by atoms with Gasteiger partial charge in [-0.2, -0.15) is 0 Å². The van der Waals surface area contributed by atoms with Crippen molar-refractivity contribution >= 4 is 23.4 Å². The van der Waals surface area contributed by atoms with Crippen LogP contribution in [0.15, 0.2) is 28.9 Å². The smallest absolute Gasteiger partial charge is 0.141 e. The molecule has 1 atom stereocenters. The van der Waals surface area contributed by atoms with Crippen LogP contribution in [-0.2, 0) is 0 Å². The Kier molecular flexibility index (Phi) is 4.29. The summed E-state index contributed by atoms with van der Waals surface area (Å²) in [5.74, 6) is 0.335. The van der Waals surface area contributed by atoms with Crippen molar-refractivity contribution in [3.63, 3.8) is 0 Å². The fourth-order valence-corrected chi connectivity index (χ4v) is 4.00. The zero-order valence-corrected chi connectivity index (χ0v) is 12.6. The van der Waals surface area contributed by atoms with E-state index in [1.54, 1.807) is 18.3 Å². The fraction of sp³-hybridized carbons (Fsp3) is 0.471. The molecule has 0 aromatic heterocycles. The van der Waals surface area contributed by atoms with Crippen LogP contribution >= 0.6 is 11.6 Å². The van der Waals surface area contributed by atoms with Crippen LogP contribution in [0.25, 0.3) is 5.57 Å². The quantitative estimate of drug-likeness (QED) is 0.459. The van der Waals surface area contributed by atoms with Gasteiger partial charge in [0.25, 0.3) is 0 Å². The van der Waals surface area contributed by atoms with Crippen LogP contribution in [0.3, 0.4) is 0 Å². The predicted molar refractivity (Wildman–Crippen MR) is 83.3 cm³/mol. The van der Waals surface area contributed by atoms with Gasteiger partial charge in [0.05, 0.1) is 11.2 Å². The molecule has 1 aromatic rings. The Hall–Kier alpha value is -1.35. The van der Waals surface area contributed by atoms with Gasteiger partial charge in [0.1, 0.15) is 5.82 Å². The van der Waals surface area contributed by atoms with Crippen molar-refractivity contribution in [2.75, 3.05) is 0 Å². The highest BCUT2D eigenvalue weighted by atomic mass is 35.5. The van der Waals surface area contributed by atoms with Gasteiger partial charge in [-0.25, -0.2) is 4.39 Å². The third-order valence-corrected chi connectivity index (χ3v) is 5.06. The van der Waals surface area contributed by atoms with Crippen LogP contribution in [0, 0.1) is 17.7 Å². The van der Waals surface area contributed by atoms with Gasteiger partial charge in [-0.1, -0.05) is 36.1 Å². The second-order valence-electron chi connectivity index (χ2n) is 5.96. The Balaban J connectivity index is 2.05. The molecule has 0 spiro atoms. The number of oxime groups is 1. The molecule has 2 nitrogen and oxygen atoms in total. The molecule has 0 heterocycles. The highest BCUT2D eigenvalue weighted by Crippen LogP contribution is 2.46. The van der Waals surface area contributed by atoms with E-state index in [1.165, 1.54) is 42.9 Å². The summed E-state index contributed by atoms with van der Waals surface area (Å²) in [7, 11) is 0. The van der Waals surface area contributed by atoms with Crippen LogP contribution in [-0.4, -0.2) is 11.4 Å². The molecular formula is C17H19ClFNO. The van der Waals surface area contributed by atoms with E-state index in [2.05, 4.69) is 5.16 Å². The van der Waals surface area contributed by atoms with Crippen LogP contribution in [0.1, 0.15) is 44.1 Å². The Morgan fingerprint density at radius 3 is 2.67 bits per heavy atom. The number of allylic oxidation sites excluding steroid dienone is 2. The van der Waals surface area contributed by atoms with Gasteiger partial charge in [-0.05, 0) is 54.9 Å². The molecule has 0 amide bonds. The lowest BCUT2D eigenvalue weighted by Gasteiger charge is -2.17. The molecule has 0 bridgehead atoms. The summed E-state index contributed by atoms with van der Waals surface area (Å²) in [4.78, 5) is 0. The van der Waals surface area contributed by atoms with Crippen molar-refractivity contribution in [3.8, 4) is 0 Å². The summed E-state index contributed by atoms with van der Waals surface area (Å²) in [6, 6.07) is 4.90. The maximum absolute atomic E-state index is 13.4. The minimum atomic E-state index is -0.395. The van der Waals surface area contributed by atoms with Crippen LogP contribution < -0.4 is 0 Å². The summed E-state index contributed by atoms with van der Waals surface area (Å²) in [6.07, 6.45) is 8.61. The molecule has 1 fully saturated rings. The van der Waals surface area contributed by atoms with Gasteiger partial charge in [-0.3, -0.25) is 0 Å². The van der Waals surface area contributed by atoms with Gasteiger partial charge in [0, 0.05) is 5.92 Å². The zero-order chi connectivity index (χ0) is 14.8. The SMILES string of the molecule is ON=CC1CCC(C2CCCC2)=C1c1ccc(F)c(Cl)c1. The number of hydrogen-bond acceptors (Lipinski definition) is 2. The van der Waals surface area contributed by atoms with Gasteiger partial charge >= 0.3 is 0 Å². The maximum Gasteiger partial charge on any atom is 0.141 e. The fourth-order valence-electron chi connectivity index (χ4n) is 3.82. The minimum Gasteiger partial charge on any atom is -0.411 e. The Morgan fingerprint density at radius 2 is 2.00 bits per heavy atom. The van der Waals surface area contributed by atoms with Gasteiger partial charge in [0.15, 0.2) is 0 Å². The zero-order valence-electron chi connectivity index (χ0n) is 11.9. The van der Waals surface area contributed by atoms with E-state index in [1.807, 2.05) is 0 Å². The highest BCUT2D eigenvalue weighted by Gasteiger charge is 2.31. The molecule has 1 N–H and O–H groups in total. The molecule has 1 unspecified atom stereocenters. The average Bonchev–Trinajstić information content (AvgIpc) is 3.11. The molecule has 3 rings (SSSR count). The van der Waals surface area contributed by atoms with Crippen molar-refractivity contribution in [1.82, 2.24) is 0 Å². The Labute approximate surface area is 129 Å². The largest absolute Gasteiger partial charge is 0.411 e. The lowest BCUT2D eigenvalue weighted by atomic mass is 9.89. The summed E-state index contributed by atoms with van der Waals surface area (Å²) < 4.78 is 13.4. The first-order valence-electron chi connectivity index (χ1n) is 7.56.